The van der Waals surface area contributed by atoms with E-state index in [1.165, 1.54) is 6.42 Å². The number of imidazole rings is 1. The molecule has 0 aliphatic rings. The van der Waals surface area contributed by atoms with Gasteiger partial charge in [0.25, 0.3) is 0 Å². The molecule has 2 unspecified atom stereocenters. The normalized spacial score (nSPS) is 12.8. The van der Waals surface area contributed by atoms with Crippen molar-refractivity contribution in [3.8, 4) is 5.75 Å². The van der Waals surface area contributed by atoms with Crippen LogP contribution >= 0.6 is 0 Å². The highest BCUT2D eigenvalue weighted by Crippen LogP contribution is 2.22. The number of nitrogens with one attached hydrogen (secondary N) is 1. The van der Waals surface area contributed by atoms with E-state index in [2.05, 4.69) is 34.5 Å². The molecule has 2 heterocycles. The fourth-order valence-corrected chi connectivity index (χ4v) is 3.58. The van der Waals surface area contributed by atoms with Crippen LogP contribution in [0.2, 0.25) is 0 Å². The molecular weight excluding hydrogens is 400 g/mol. The van der Waals surface area contributed by atoms with E-state index in [1.807, 2.05) is 37.3 Å². The van der Waals surface area contributed by atoms with E-state index in [0.29, 0.717) is 30.2 Å². The number of hydrogen-bond donors (Lipinski definition) is 2. The summed E-state index contributed by atoms with van der Waals surface area (Å²) < 4.78 is 23.5. The number of fused-ring (bicyclic) bond motifs is 1. The van der Waals surface area contributed by atoms with E-state index in [9.17, 15) is 4.21 Å². The molecule has 8 heteroatoms. The van der Waals surface area contributed by atoms with Gasteiger partial charge in [-0.05, 0) is 38.5 Å². The maximum Gasteiger partial charge on any atom is 0.197 e. The summed E-state index contributed by atoms with van der Waals surface area (Å²) in [5.74, 6) is 1.06. The number of methoxy groups -OCH3 is 1. The minimum absolute atomic E-state index is 0.293. The van der Waals surface area contributed by atoms with Gasteiger partial charge >= 0.3 is 0 Å². The number of rotatable bonds is 9. The van der Waals surface area contributed by atoms with Gasteiger partial charge in [-0.25, -0.2) is 4.98 Å². The standard InChI is InChI=1S/C18H21N3O3S.C4H11N/c1-13-16(19-9-8-17(13)24-11-5-10-23-2)12-25(22)18-20-14-6-3-4-7-15(14)21-18;1-3-4(2)5/h3-4,6-9H,5,10-12H2,1-2H3,(H,20,21);4H,3,5H2,1-2H3/p+1. The highest BCUT2D eigenvalue weighted by molar-refractivity contribution is 7.84. The van der Waals surface area contributed by atoms with E-state index >= 15 is 0 Å². The largest absolute Gasteiger partial charge is 0.493 e. The Balaban J connectivity index is 0.000000575. The van der Waals surface area contributed by atoms with Crippen molar-refractivity contribution in [3.05, 3.63) is 47.8 Å². The minimum Gasteiger partial charge on any atom is -0.493 e. The fourth-order valence-electron chi connectivity index (χ4n) is 2.48. The Kier molecular flexibility index (Phi) is 9.93. The molecule has 0 amide bonds. The summed E-state index contributed by atoms with van der Waals surface area (Å²) >= 11 is 0. The first kappa shape index (κ1) is 24.0. The van der Waals surface area contributed by atoms with Gasteiger partial charge in [0, 0.05) is 31.9 Å². The van der Waals surface area contributed by atoms with E-state index in [0.717, 1.165) is 34.5 Å². The quantitative estimate of drug-likeness (QED) is 0.505. The third-order valence-corrected chi connectivity index (χ3v) is 5.72. The number of hydrogen-bond acceptors (Lipinski definition) is 5. The average Bonchev–Trinajstić information content (AvgIpc) is 3.18. The minimum atomic E-state index is -1.30. The zero-order chi connectivity index (χ0) is 21.9. The number of aromatic amines is 1. The fraction of sp³-hybridized carbons (Fsp3) is 0.455. The zero-order valence-electron chi connectivity index (χ0n) is 18.3. The summed E-state index contributed by atoms with van der Waals surface area (Å²) in [4.78, 5) is 11.9. The summed E-state index contributed by atoms with van der Waals surface area (Å²) in [6.07, 6.45) is 3.70. The van der Waals surface area contributed by atoms with Gasteiger partial charge in [-0.15, -0.1) is 0 Å². The Morgan fingerprint density at radius 2 is 1.97 bits per heavy atom. The van der Waals surface area contributed by atoms with Crippen LogP contribution < -0.4 is 10.5 Å². The summed E-state index contributed by atoms with van der Waals surface area (Å²) in [5, 5.41) is 0.466. The number of para-hydroxylation sites is 2. The number of nitrogens with zero attached hydrogens (tertiary/aromatic N) is 2. The van der Waals surface area contributed by atoms with Gasteiger partial charge in [-0.2, -0.15) is 0 Å². The summed E-state index contributed by atoms with van der Waals surface area (Å²) in [6.45, 7) is 7.42. The van der Waals surface area contributed by atoms with Gasteiger partial charge in [0.2, 0.25) is 0 Å². The van der Waals surface area contributed by atoms with Gasteiger partial charge in [0.05, 0.1) is 45.9 Å². The van der Waals surface area contributed by atoms with Crippen molar-refractivity contribution in [1.82, 2.24) is 15.0 Å². The van der Waals surface area contributed by atoms with E-state index < -0.39 is 10.8 Å². The molecule has 3 rings (SSSR count). The van der Waals surface area contributed by atoms with Crippen LogP contribution in [-0.4, -0.2) is 45.5 Å². The number of H-pyrrole nitrogens is 1. The topological polar surface area (TPSA) is 105 Å². The molecular formula is C22H33N4O3S+. The Morgan fingerprint density at radius 3 is 2.63 bits per heavy atom. The second-order valence-electron chi connectivity index (χ2n) is 7.14. The highest BCUT2D eigenvalue weighted by Gasteiger charge is 2.14. The lowest BCUT2D eigenvalue weighted by atomic mass is 10.2. The van der Waals surface area contributed by atoms with Gasteiger partial charge < -0.3 is 20.2 Å². The van der Waals surface area contributed by atoms with Crippen LogP contribution in [0, 0.1) is 6.92 Å². The second-order valence-corrected chi connectivity index (χ2v) is 8.50. The first-order valence-corrected chi connectivity index (χ1v) is 11.5. The molecule has 2 atom stereocenters. The molecule has 0 spiro atoms. The SMILES string of the molecule is CCC(C)[NH3+].COCCCOc1ccnc(CS(=O)c2nc3ccccc3[nH]2)c1C. The molecule has 0 aliphatic carbocycles. The lowest BCUT2D eigenvalue weighted by Gasteiger charge is -2.11. The van der Waals surface area contributed by atoms with Crippen molar-refractivity contribution in [2.45, 2.75) is 50.6 Å². The van der Waals surface area contributed by atoms with Gasteiger partial charge in [-0.3, -0.25) is 9.19 Å². The van der Waals surface area contributed by atoms with E-state index in [4.69, 9.17) is 9.47 Å². The molecule has 4 N–H and O–H groups in total. The Labute approximate surface area is 180 Å². The van der Waals surface area contributed by atoms with Crippen LogP contribution in [0.5, 0.6) is 5.75 Å². The number of quaternary nitrogens is 1. The van der Waals surface area contributed by atoms with Crippen LogP contribution in [0.4, 0.5) is 0 Å². The lowest BCUT2D eigenvalue weighted by molar-refractivity contribution is -0.414. The molecule has 0 saturated carbocycles. The van der Waals surface area contributed by atoms with Crippen LogP contribution in [0.3, 0.4) is 0 Å². The second kappa shape index (κ2) is 12.4. The molecule has 0 fully saturated rings. The first-order chi connectivity index (χ1) is 14.5. The average molecular weight is 434 g/mol. The highest BCUT2D eigenvalue weighted by atomic mass is 32.2. The molecule has 0 aliphatic heterocycles. The Hall–Kier alpha value is -2.29. The maximum absolute atomic E-state index is 12.7. The maximum atomic E-state index is 12.7. The monoisotopic (exact) mass is 433 g/mol. The zero-order valence-corrected chi connectivity index (χ0v) is 19.1. The predicted molar refractivity (Wildman–Crippen MR) is 120 cm³/mol. The van der Waals surface area contributed by atoms with E-state index in [1.54, 1.807) is 13.3 Å². The van der Waals surface area contributed by atoms with Crippen molar-refractivity contribution in [2.24, 2.45) is 0 Å². The molecule has 0 radical (unpaired) electrons. The van der Waals surface area contributed by atoms with Crippen molar-refractivity contribution in [2.75, 3.05) is 20.3 Å². The molecule has 7 nitrogen and oxygen atoms in total. The van der Waals surface area contributed by atoms with Crippen molar-refractivity contribution >= 4 is 21.8 Å². The summed E-state index contributed by atoms with van der Waals surface area (Å²) in [7, 11) is 0.371. The molecule has 3 aromatic rings. The summed E-state index contributed by atoms with van der Waals surface area (Å²) in [5.41, 5.74) is 7.11. The third kappa shape index (κ3) is 7.19. The molecule has 1 aromatic carbocycles. The van der Waals surface area contributed by atoms with Crippen LogP contribution in [0.15, 0.2) is 41.7 Å². The van der Waals surface area contributed by atoms with Gasteiger partial charge in [0.15, 0.2) is 5.16 Å². The number of aromatic nitrogens is 3. The lowest BCUT2D eigenvalue weighted by Crippen LogP contribution is -2.58. The van der Waals surface area contributed by atoms with Crippen molar-refractivity contribution < 1.29 is 19.4 Å². The third-order valence-electron chi connectivity index (χ3n) is 4.56. The molecule has 2 aromatic heterocycles. The number of pyridine rings is 1. The predicted octanol–water partition coefficient (Wildman–Crippen LogP) is 3.02. The number of ether oxygens (including phenoxy) is 2. The van der Waals surface area contributed by atoms with Crippen LogP contribution in [0.25, 0.3) is 11.0 Å². The molecule has 0 bridgehead atoms. The Bertz CT molecular complexity index is 910. The van der Waals surface area contributed by atoms with Gasteiger partial charge in [-0.1, -0.05) is 19.1 Å². The van der Waals surface area contributed by atoms with Crippen molar-refractivity contribution in [1.29, 1.82) is 0 Å². The van der Waals surface area contributed by atoms with Crippen molar-refractivity contribution in [3.63, 3.8) is 0 Å². The Morgan fingerprint density at radius 1 is 1.23 bits per heavy atom. The summed E-state index contributed by atoms with van der Waals surface area (Å²) in [6, 6.07) is 10.1. The van der Waals surface area contributed by atoms with Gasteiger partial charge in [0.1, 0.15) is 5.75 Å². The smallest absolute Gasteiger partial charge is 0.197 e. The van der Waals surface area contributed by atoms with Crippen LogP contribution in [0.1, 0.15) is 37.9 Å². The van der Waals surface area contributed by atoms with E-state index in [-0.39, 0.29) is 0 Å². The molecule has 164 valence electrons. The number of benzene rings is 1. The molecule has 0 saturated heterocycles. The molecule has 30 heavy (non-hydrogen) atoms. The first-order valence-electron chi connectivity index (χ1n) is 10.2. The van der Waals surface area contributed by atoms with Crippen LogP contribution in [-0.2, 0) is 21.3 Å².